The predicted octanol–water partition coefficient (Wildman–Crippen LogP) is 5.37. The van der Waals surface area contributed by atoms with Crippen molar-refractivity contribution >= 4 is 40.6 Å². The number of hydrogen-bond acceptors (Lipinski definition) is 3. The van der Waals surface area contributed by atoms with Crippen molar-refractivity contribution < 1.29 is 5.11 Å². The number of aliphatic hydroxyl groups is 1. The molecule has 0 saturated carbocycles. The molecule has 0 radical (unpaired) electrons. The topological polar surface area (TPSA) is 71.9 Å². The molecule has 2 aromatic carbocycles. The zero-order chi connectivity index (χ0) is 18.3. The van der Waals surface area contributed by atoms with Crippen LogP contribution in [0.3, 0.4) is 0 Å². The monoisotopic (exact) mass is 403 g/mol. The van der Waals surface area contributed by atoms with Crippen LogP contribution in [0, 0.1) is 5.41 Å². The van der Waals surface area contributed by atoms with Crippen molar-refractivity contribution in [3.05, 3.63) is 58.1 Å². The summed E-state index contributed by atoms with van der Waals surface area (Å²) in [6, 6.07) is 12.2. The standard InChI is InChI=1S/C21H22ClN3O.ClH/c1-2-3-14(23)9-12-4-7-18-13(8-12)10-19(25-18)15-5-6-17(22)16-11-24-21(26)20(15)16;/h4-8,10,21,23-26H,2-3,9,11H2,1H3;1H. The molecule has 0 bridgehead atoms. The molecule has 0 fully saturated rings. The number of nitrogens with one attached hydrogen (secondary N) is 3. The first-order chi connectivity index (χ1) is 12.6. The second-order valence-electron chi connectivity index (χ2n) is 6.91. The molecule has 27 heavy (non-hydrogen) atoms. The van der Waals surface area contributed by atoms with Gasteiger partial charge in [0.05, 0.1) is 0 Å². The average molecular weight is 404 g/mol. The van der Waals surface area contributed by atoms with E-state index in [2.05, 4.69) is 41.5 Å². The van der Waals surface area contributed by atoms with Crippen molar-refractivity contribution in [3.63, 3.8) is 0 Å². The van der Waals surface area contributed by atoms with Gasteiger partial charge in [-0.1, -0.05) is 37.1 Å². The van der Waals surface area contributed by atoms with E-state index in [1.54, 1.807) is 0 Å². The Morgan fingerprint density at radius 3 is 2.85 bits per heavy atom. The van der Waals surface area contributed by atoms with Crippen LogP contribution < -0.4 is 5.32 Å². The Balaban J connectivity index is 0.00000210. The molecule has 0 saturated heterocycles. The third-order valence-electron chi connectivity index (χ3n) is 4.99. The molecule has 4 nitrogen and oxygen atoms in total. The first-order valence-corrected chi connectivity index (χ1v) is 9.35. The quantitative estimate of drug-likeness (QED) is 0.432. The van der Waals surface area contributed by atoms with E-state index in [9.17, 15) is 5.11 Å². The second-order valence-corrected chi connectivity index (χ2v) is 7.31. The van der Waals surface area contributed by atoms with Gasteiger partial charge >= 0.3 is 0 Å². The van der Waals surface area contributed by atoms with E-state index in [4.69, 9.17) is 17.0 Å². The lowest BCUT2D eigenvalue weighted by Gasteiger charge is -2.11. The lowest BCUT2D eigenvalue weighted by Crippen LogP contribution is -2.10. The van der Waals surface area contributed by atoms with Crippen LogP contribution in [0.5, 0.6) is 0 Å². The van der Waals surface area contributed by atoms with Gasteiger partial charge in [0.2, 0.25) is 0 Å². The zero-order valence-electron chi connectivity index (χ0n) is 15.1. The molecular formula is C21H23Cl2N3O. The van der Waals surface area contributed by atoms with Gasteiger partial charge in [-0.05, 0) is 41.8 Å². The summed E-state index contributed by atoms with van der Waals surface area (Å²) in [7, 11) is 0. The van der Waals surface area contributed by atoms with Crippen LogP contribution in [0.25, 0.3) is 22.2 Å². The molecule has 0 amide bonds. The van der Waals surface area contributed by atoms with E-state index in [0.29, 0.717) is 18.0 Å². The van der Waals surface area contributed by atoms with E-state index < -0.39 is 6.23 Å². The van der Waals surface area contributed by atoms with E-state index in [1.165, 1.54) is 0 Å². The normalized spacial score (nSPS) is 15.6. The third-order valence-corrected chi connectivity index (χ3v) is 5.34. The van der Waals surface area contributed by atoms with Gasteiger partial charge in [0.15, 0.2) is 0 Å². The highest BCUT2D eigenvalue weighted by Crippen LogP contribution is 2.38. The molecule has 142 valence electrons. The Kier molecular flexibility index (Phi) is 5.92. The van der Waals surface area contributed by atoms with Crippen LogP contribution in [-0.4, -0.2) is 15.8 Å². The minimum absolute atomic E-state index is 0. The van der Waals surface area contributed by atoms with Crippen LogP contribution in [-0.2, 0) is 13.0 Å². The van der Waals surface area contributed by atoms with E-state index in [0.717, 1.165) is 57.4 Å². The highest BCUT2D eigenvalue weighted by atomic mass is 35.5. The fraction of sp³-hybridized carbons (Fsp3) is 0.286. The number of hydrogen-bond donors (Lipinski definition) is 4. The van der Waals surface area contributed by atoms with Gasteiger partial charge in [-0.25, -0.2) is 0 Å². The van der Waals surface area contributed by atoms with Crippen LogP contribution in [0.4, 0.5) is 0 Å². The Hall–Kier alpha value is -1.85. The Morgan fingerprint density at radius 2 is 2.07 bits per heavy atom. The lowest BCUT2D eigenvalue weighted by molar-refractivity contribution is 0.152. The summed E-state index contributed by atoms with van der Waals surface area (Å²) in [5, 5.41) is 23.2. The maximum absolute atomic E-state index is 10.3. The zero-order valence-corrected chi connectivity index (χ0v) is 16.7. The SMILES string of the molecule is CCCC(=N)Cc1ccc2[nH]c(-c3ccc(Cl)c4c3C(O)NC4)cc2c1.Cl. The number of rotatable bonds is 5. The first-order valence-electron chi connectivity index (χ1n) is 8.98. The number of aliphatic hydroxyl groups excluding tert-OH is 1. The molecule has 0 aliphatic carbocycles. The molecule has 1 atom stereocenters. The van der Waals surface area contributed by atoms with Crippen LogP contribution in [0.1, 0.15) is 42.7 Å². The van der Waals surface area contributed by atoms with Crippen LogP contribution in [0.2, 0.25) is 5.02 Å². The van der Waals surface area contributed by atoms with E-state index in [-0.39, 0.29) is 12.4 Å². The van der Waals surface area contributed by atoms with Crippen molar-refractivity contribution in [1.82, 2.24) is 10.3 Å². The molecular weight excluding hydrogens is 381 g/mol. The van der Waals surface area contributed by atoms with Gasteiger partial charge in [0.1, 0.15) is 6.23 Å². The molecule has 2 heterocycles. The van der Waals surface area contributed by atoms with Crippen molar-refractivity contribution in [3.8, 4) is 11.3 Å². The number of halogens is 2. The molecule has 4 N–H and O–H groups in total. The molecule has 1 aliphatic rings. The average Bonchev–Trinajstić information content (AvgIpc) is 3.20. The fourth-order valence-corrected chi connectivity index (χ4v) is 3.97. The number of benzene rings is 2. The van der Waals surface area contributed by atoms with E-state index >= 15 is 0 Å². The molecule has 3 aromatic rings. The predicted molar refractivity (Wildman–Crippen MR) is 114 cm³/mol. The first kappa shape index (κ1) is 19.9. The van der Waals surface area contributed by atoms with Gasteiger partial charge in [-0.2, -0.15) is 0 Å². The summed E-state index contributed by atoms with van der Waals surface area (Å²) >= 11 is 6.29. The lowest BCUT2D eigenvalue weighted by atomic mass is 9.99. The maximum Gasteiger partial charge on any atom is 0.132 e. The highest BCUT2D eigenvalue weighted by Gasteiger charge is 2.26. The largest absolute Gasteiger partial charge is 0.374 e. The molecule has 0 spiro atoms. The van der Waals surface area contributed by atoms with Gasteiger partial charge < -0.3 is 15.5 Å². The summed E-state index contributed by atoms with van der Waals surface area (Å²) in [6.07, 6.45) is 1.85. The second kappa shape index (κ2) is 8.03. The van der Waals surface area contributed by atoms with Gasteiger partial charge in [-0.3, -0.25) is 5.32 Å². The van der Waals surface area contributed by atoms with Gasteiger partial charge in [0, 0.05) is 51.4 Å². The smallest absolute Gasteiger partial charge is 0.132 e. The van der Waals surface area contributed by atoms with Crippen molar-refractivity contribution in [2.45, 2.75) is 39.0 Å². The van der Waals surface area contributed by atoms with Crippen molar-refractivity contribution in [1.29, 1.82) is 5.41 Å². The molecule has 1 unspecified atom stereocenters. The summed E-state index contributed by atoms with van der Waals surface area (Å²) in [6.45, 7) is 2.68. The number of H-pyrrole nitrogens is 1. The summed E-state index contributed by atoms with van der Waals surface area (Å²) in [4.78, 5) is 3.45. The van der Waals surface area contributed by atoms with Crippen LogP contribution in [0.15, 0.2) is 36.4 Å². The third kappa shape index (κ3) is 3.76. The fourth-order valence-electron chi connectivity index (χ4n) is 3.74. The van der Waals surface area contributed by atoms with Crippen LogP contribution >= 0.6 is 24.0 Å². The number of aromatic nitrogens is 1. The maximum atomic E-state index is 10.3. The van der Waals surface area contributed by atoms with Crippen molar-refractivity contribution in [2.75, 3.05) is 0 Å². The molecule has 6 heteroatoms. The van der Waals surface area contributed by atoms with Crippen molar-refractivity contribution in [2.24, 2.45) is 0 Å². The van der Waals surface area contributed by atoms with Gasteiger partial charge in [0.25, 0.3) is 0 Å². The highest BCUT2D eigenvalue weighted by molar-refractivity contribution is 6.31. The Bertz CT molecular complexity index is 997. The molecule has 4 rings (SSSR count). The Labute approximate surface area is 169 Å². The number of fused-ring (bicyclic) bond motifs is 2. The summed E-state index contributed by atoms with van der Waals surface area (Å²) < 4.78 is 0. The minimum atomic E-state index is -0.699. The van der Waals surface area contributed by atoms with E-state index in [1.807, 2.05) is 12.1 Å². The summed E-state index contributed by atoms with van der Waals surface area (Å²) in [5.41, 5.74) is 6.74. The summed E-state index contributed by atoms with van der Waals surface area (Å²) in [5.74, 6) is 0. The number of aromatic amines is 1. The Morgan fingerprint density at radius 1 is 1.26 bits per heavy atom. The van der Waals surface area contributed by atoms with Gasteiger partial charge in [-0.15, -0.1) is 12.4 Å². The molecule has 1 aromatic heterocycles. The molecule has 1 aliphatic heterocycles. The minimum Gasteiger partial charge on any atom is -0.374 e.